The number of ether oxygens (including phenoxy) is 1. The largest absolute Gasteiger partial charge is 0.480 e. The van der Waals surface area contributed by atoms with Gasteiger partial charge in [-0.1, -0.05) is 18.6 Å². The minimum atomic E-state index is -0.879. The number of carbonyl (C=O) groups is 2. The number of nitrogens with zero attached hydrogens (tertiary/aromatic N) is 1. The average molecular weight is 303 g/mol. The Labute approximate surface area is 129 Å². The molecule has 0 unspecified atom stereocenters. The van der Waals surface area contributed by atoms with Gasteiger partial charge in [-0.2, -0.15) is 0 Å². The van der Waals surface area contributed by atoms with E-state index in [0.29, 0.717) is 24.6 Å². The van der Waals surface area contributed by atoms with Crippen LogP contribution in [0, 0.1) is 11.8 Å². The molecule has 3 atom stereocenters. The summed E-state index contributed by atoms with van der Waals surface area (Å²) < 4.78 is 5.09. The molecule has 0 radical (unpaired) electrons. The van der Waals surface area contributed by atoms with E-state index in [1.165, 1.54) is 0 Å². The Bertz CT molecular complexity index is 586. The molecular weight excluding hydrogens is 282 g/mol. The zero-order valence-electron chi connectivity index (χ0n) is 12.7. The molecular formula is C17H21NO4. The van der Waals surface area contributed by atoms with Crippen LogP contribution in [0.25, 0.3) is 0 Å². The first kappa shape index (κ1) is 15.0. The van der Waals surface area contributed by atoms with Gasteiger partial charge in [-0.05, 0) is 42.4 Å². The number of methoxy groups -OCH3 is 1. The van der Waals surface area contributed by atoms with E-state index in [2.05, 4.69) is 0 Å². The van der Waals surface area contributed by atoms with Crippen LogP contribution in [0.15, 0.2) is 24.3 Å². The molecule has 1 N–H and O–H groups in total. The topological polar surface area (TPSA) is 66.8 Å². The van der Waals surface area contributed by atoms with Gasteiger partial charge in [-0.15, -0.1) is 0 Å². The predicted octanol–water partition coefficient (Wildman–Crippen LogP) is 2.16. The molecule has 118 valence electrons. The molecule has 1 amide bonds. The van der Waals surface area contributed by atoms with Crippen LogP contribution >= 0.6 is 0 Å². The number of hydrogen-bond acceptors (Lipinski definition) is 3. The number of benzene rings is 1. The smallest absolute Gasteiger partial charge is 0.326 e. The molecule has 0 spiro atoms. The number of rotatable bonds is 4. The van der Waals surface area contributed by atoms with E-state index in [1.54, 1.807) is 24.1 Å². The molecule has 0 aromatic heterocycles. The Kier molecular flexibility index (Phi) is 4.16. The molecule has 2 fully saturated rings. The molecule has 1 heterocycles. The van der Waals surface area contributed by atoms with Gasteiger partial charge in [0.1, 0.15) is 6.04 Å². The number of amides is 1. The van der Waals surface area contributed by atoms with Gasteiger partial charge in [0.25, 0.3) is 5.91 Å². The molecule has 1 aromatic rings. The summed E-state index contributed by atoms with van der Waals surface area (Å²) in [7, 11) is 1.61. The van der Waals surface area contributed by atoms with Crippen LogP contribution in [0.1, 0.15) is 35.2 Å². The summed E-state index contributed by atoms with van der Waals surface area (Å²) in [4.78, 5) is 26.0. The maximum atomic E-state index is 12.8. The first-order valence-electron chi connectivity index (χ1n) is 7.73. The Morgan fingerprint density at radius 2 is 2.18 bits per heavy atom. The lowest BCUT2D eigenvalue weighted by Crippen LogP contribution is -2.43. The lowest BCUT2D eigenvalue weighted by molar-refractivity contribution is -0.142. The second-order valence-corrected chi connectivity index (χ2v) is 6.23. The summed E-state index contributed by atoms with van der Waals surface area (Å²) in [5, 5.41) is 9.55. The summed E-state index contributed by atoms with van der Waals surface area (Å²) in [6, 6.07) is 6.57. The van der Waals surface area contributed by atoms with Crippen molar-refractivity contribution in [3.8, 4) is 0 Å². The van der Waals surface area contributed by atoms with Crippen LogP contribution in [0.4, 0.5) is 0 Å². The van der Waals surface area contributed by atoms with Gasteiger partial charge in [0.15, 0.2) is 0 Å². The highest BCUT2D eigenvalue weighted by molar-refractivity contribution is 5.97. The van der Waals surface area contributed by atoms with Crippen molar-refractivity contribution >= 4 is 11.9 Å². The molecule has 1 aliphatic heterocycles. The third-order valence-electron chi connectivity index (χ3n) is 4.89. The highest BCUT2D eigenvalue weighted by Gasteiger charge is 2.49. The Morgan fingerprint density at radius 3 is 2.91 bits per heavy atom. The minimum Gasteiger partial charge on any atom is -0.480 e. The van der Waals surface area contributed by atoms with Crippen molar-refractivity contribution < 1.29 is 19.4 Å². The fourth-order valence-corrected chi connectivity index (χ4v) is 3.96. The van der Waals surface area contributed by atoms with E-state index in [1.807, 2.05) is 12.1 Å². The predicted molar refractivity (Wildman–Crippen MR) is 80.4 cm³/mol. The number of aliphatic carboxylic acids is 1. The summed E-state index contributed by atoms with van der Waals surface area (Å²) in [6.45, 7) is 1.00. The second-order valence-electron chi connectivity index (χ2n) is 6.23. The third kappa shape index (κ3) is 2.61. The fraction of sp³-hybridized carbons (Fsp3) is 0.529. The van der Waals surface area contributed by atoms with E-state index in [4.69, 9.17) is 4.74 Å². The molecule has 3 rings (SSSR count). The highest BCUT2D eigenvalue weighted by atomic mass is 16.5. The Morgan fingerprint density at radius 1 is 1.36 bits per heavy atom. The van der Waals surface area contributed by atoms with Crippen molar-refractivity contribution in [3.63, 3.8) is 0 Å². The zero-order chi connectivity index (χ0) is 15.7. The molecule has 2 aliphatic rings. The summed E-state index contributed by atoms with van der Waals surface area (Å²) in [6.07, 6.45) is 3.02. The Hall–Kier alpha value is -1.88. The molecule has 1 saturated heterocycles. The molecule has 22 heavy (non-hydrogen) atoms. The SMILES string of the molecule is COCc1cccc(C(=O)N2C[C@@H]3CCC[C@@H]3[C@@H]2C(=O)O)c1. The first-order chi connectivity index (χ1) is 10.6. The van der Waals surface area contributed by atoms with Gasteiger partial charge >= 0.3 is 5.97 Å². The number of carboxylic acid groups (broad SMARTS) is 1. The molecule has 5 nitrogen and oxygen atoms in total. The van der Waals surface area contributed by atoms with Crippen molar-refractivity contribution in [1.29, 1.82) is 0 Å². The van der Waals surface area contributed by atoms with Crippen molar-refractivity contribution in [2.45, 2.75) is 31.9 Å². The normalized spacial score (nSPS) is 27.0. The molecule has 1 aliphatic carbocycles. The maximum Gasteiger partial charge on any atom is 0.326 e. The third-order valence-corrected chi connectivity index (χ3v) is 4.89. The van der Waals surface area contributed by atoms with Gasteiger partial charge in [0.05, 0.1) is 6.61 Å². The monoisotopic (exact) mass is 303 g/mol. The second kappa shape index (κ2) is 6.08. The van der Waals surface area contributed by atoms with E-state index >= 15 is 0 Å². The number of fused-ring (bicyclic) bond motifs is 1. The minimum absolute atomic E-state index is 0.114. The molecule has 1 aromatic carbocycles. The molecule has 0 bridgehead atoms. The van der Waals surface area contributed by atoms with Crippen molar-refractivity contribution in [2.75, 3.05) is 13.7 Å². The Balaban J connectivity index is 1.84. The van der Waals surface area contributed by atoms with Gasteiger partial charge in [-0.3, -0.25) is 4.79 Å². The van der Waals surface area contributed by atoms with Crippen LogP contribution in [-0.4, -0.2) is 41.6 Å². The summed E-state index contributed by atoms with van der Waals surface area (Å²) >= 11 is 0. The van der Waals surface area contributed by atoms with Crippen LogP contribution in [-0.2, 0) is 16.1 Å². The lowest BCUT2D eigenvalue weighted by atomic mass is 9.94. The van der Waals surface area contributed by atoms with E-state index in [0.717, 1.165) is 24.8 Å². The zero-order valence-corrected chi connectivity index (χ0v) is 12.7. The van der Waals surface area contributed by atoms with Gasteiger partial charge in [-0.25, -0.2) is 4.79 Å². The van der Waals surface area contributed by atoms with Crippen molar-refractivity contribution in [3.05, 3.63) is 35.4 Å². The van der Waals surface area contributed by atoms with Crippen molar-refractivity contribution in [2.24, 2.45) is 11.8 Å². The number of likely N-dealkylation sites (tertiary alicyclic amines) is 1. The number of carboxylic acids is 1. The van der Waals surface area contributed by atoms with Gasteiger partial charge in [0, 0.05) is 19.2 Å². The summed E-state index contributed by atoms with van der Waals surface area (Å²) in [5.41, 5.74) is 1.46. The van der Waals surface area contributed by atoms with Crippen LogP contribution in [0.2, 0.25) is 0 Å². The number of carbonyl (C=O) groups excluding carboxylic acids is 1. The van der Waals surface area contributed by atoms with Crippen LogP contribution < -0.4 is 0 Å². The van der Waals surface area contributed by atoms with E-state index in [9.17, 15) is 14.7 Å². The average Bonchev–Trinajstić information content (AvgIpc) is 3.07. The van der Waals surface area contributed by atoms with E-state index < -0.39 is 12.0 Å². The van der Waals surface area contributed by atoms with Gasteiger partial charge in [0.2, 0.25) is 0 Å². The van der Waals surface area contributed by atoms with Gasteiger partial charge < -0.3 is 14.7 Å². The summed E-state index contributed by atoms with van der Waals surface area (Å²) in [5.74, 6) is -0.605. The standard InChI is InChI=1S/C17H21NO4/c1-22-10-11-4-2-5-12(8-11)16(19)18-9-13-6-3-7-14(13)15(18)17(20)21/h2,4-5,8,13-15H,3,6-7,9-10H2,1H3,(H,20,21)/t13-,14-,15+/m0/s1. The quantitative estimate of drug-likeness (QED) is 0.925. The van der Waals surface area contributed by atoms with Crippen molar-refractivity contribution in [1.82, 2.24) is 4.90 Å². The molecule has 1 saturated carbocycles. The van der Waals surface area contributed by atoms with Crippen LogP contribution in [0.5, 0.6) is 0 Å². The van der Waals surface area contributed by atoms with E-state index in [-0.39, 0.29) is 11.8 Å². The number of hydrogen-bond donors (Lipinski definition) is 1. The fourth-order valence-electron chi connectivity index (χ4n) is 3.96. The lowest BCUT2D eigenvalue weighted by Gasteiger charge is -2.24. The first-order valence-corrected chi connectivity index (χ1v) is 7.73. The maximum absolute atomic E-state index is 12.8. The highest BCUT2D eigenvalue weighted by Crippen LogP contribution is 2.42. The molecule has 5 heteroatoms. The van der Waals surface area contributed by atoms with Crippen LogP contribution in [0.3, 0.4) is 0 Å².